The third-order valence-corrected chi connectivity index (χ3v) is 5.67. The summed E-state index contributed by atoms with van der Waals surface area (Å²) < 4.78 is 5.52. The summed E-state index contributed by atoms with van der Waals surface area (Å²) in [6.45, 7) is 11.7. The maximum absolute atomic E-state index is 5.52. The number of rotatable bonds is 3. The highest BCUT2D eigenvalue weighted by Crippen LogP contribution is 2.41. The molecule has 102 valence electrons. The van der Waals surface area contributed by atoms with Gasteiger partial charge in [0.2, 0.25) is 0 Å². The Balaban J connectivity index is 2.06. The molecule has 0 aromatic rings. The van der Waals surface area contributed by atoms with E-state index in [1.54, 1.807) is 0 Å². The molecule has 0 amide bonds. The van der Waals surface area contributed by atoms with Gasteiger partial charge in [-0.15, -0.1) is 0 Å². The van der Waals surface area contributed by atoms with E-state index in [0.717, 1.165) is 25.0 Å². The van der Waals surface area contributed by atoms with E-state index in [0.29, 0.717) is 10.8 Å². The van der Waals surface area contributed by atoms with E-state index in [1.807, 2.05) is 0 Å². The normalized spacial score (nSPS) is 30.7. The van der Waals surface area contributed by atoms with Crippen LogP contribution in [-0.4, -0.2) is 52.2 Å². The molecule has 2 rings (SSSR count). The van der Waals surface area contributed by atoms with Crippen LogP contribution in [0.25, 0.3) is 0 Å². The number of hydrogen-bond acceptors (Lipinski definition) is 2. The average molecular weight is 249 g/mol. The summed E-state index contributed by atoms with van der Waals surface area (Å²) >= 11 is 0. The fraction of sp³-hybridized carbons (Fsp3) is 1.00. The molecule has 0 radical (unpaired) electrons. The first kappa shape index (κ1) is 14.5. The van der Waals surface area contributed by atoms with Crippen molar-refractivity contribution in [3.8, 4) is 0 Å². The van der Waals surface area contributed by atoms with Gasteiger partial charge < -0.3 is 9.64 Å². The van der Waals surface area contributed by atoms with Crippen LogP contribution < -0.4 is 0 Å². The second-order valence-electron chi connectivity index (χ2n) is 7.51. The summed E-state index contributed by atoms with van der Waals surface area (Å²) in [7, 11) is 4.91. The maximum atomic E-state index is 5.52. The first-order chi connectivity index (χ1) is 8.38. The monoisotopic (exact) mass is 249 g/mol. The molecule has 1 atom stereocenters. The quantitative estimate of drug-likeness (QED) is 0.683. The van der Waals surface area contributed by atoms with E-state index in [1.165, 1.54) is 32.4 Å². The third kappa shape index (κ3) is 2.65. The van der Waals surface area contributed by atoms with Gasteiger partial charge in [0, 0.05) is 26.3 Å². The third-order valence-electron chi connectivity index (χ3n) is 5.67. The topological polar surface area (TPSA) is 12.5 Å². The van der Waals surface area contributed by atoms with E-state index < -0.39 is 0 Å². The number of likely N-dealkylation sites (tertiary alicyclic amines) is 1. The summed E-state index contributed by atoms with van der Waals surface area (Å²) in [5, 5.41) is 0.338. The molecule has 0 aromatic carbocycles. The van der Waals surface area contributed by atoms with Crippen molar-refractivity contribution in [2.24, 2.45) is 17.3 Å². The minimum atomic E-state index is 0.338. The summed E-state index contributed by atoms with van der Waals surface area (Å²) in [5.74, 6) is 1.66. The molecule has 0 aromatic heterocycles. The van der Waals surface area contributed by atoms with Gasteiger partial charge in [-0.2, -0.15) is 0 Å². The summed E-state index contributed by atoms with van der Waals surface area (Å²) in [5.41, 5.74) is 0.483. The van der Waals surface area contributed by atoms with Gasteiger partial charge in [-0.25, -0.2) is 0 Å². The Bertz CT molecular complexity index is 288. The molecular weight excluding hydrogens is 220 g/mol. The molecule has 0 saturated carbocycles. The van der Waals surface area contributed by atoms with Crippen molar-refractivity contribution < 1.29 is 4.74 Å². The van der Waals surface area contributed by atoms with Gasteiger partial charge in [0.15, 0.2) is 0 Å². The summed E-state index contributed by atoms with van der Waals surface area (Å²) in [4.78, 5) is 2.76. The van der Waals surface area contributed by atoms with Crippen LogP contribution in [0.4, 0.5) is 0 Å². The zero-order chi connectivity index (χ0) is 13.4. The molecule has 2 fully saturated rings. The van der Waals surface area contributed by atoms with Crippen LogP contribution in [0.15, 0.2) is 0 Å². The predicted molar refractivity (Wildman–Crippen MR) is 82.5 cm³/mol. The minimum absolute atomic E-state index is 0.338. The largest absolute Gasteiger partial charge is 0.381 e. The molecule has 0 N–H and O–H groups in total. The van der Waals surface area contributed by atoms with Crippen LogP contribution in [0.1, 0.15) is 40.0 Å². The zero-order valence-electron chi connectivity index (χ0n) is 13.0. The van der Waals surface area contributed by atoms with Crippen molar-refractivity contribution in [3.05, 3.63) is 0 Å². The fourth-order valence-electron chi connectivity index (χ4n) is 3.98. The van der Waals surface area contributed by atoms with Gasteiger partial charge >= 0.3 is 0 Å². The van der Waals surface area contributed by atoms with E-state index >= 15 is 0 Å². The number of hydrogen-bond donors (Lipinski definition) is 0. The van der Waals surface area contributed by atoms with E-state index in [9.17, 15) is 0 Å². The lowest BCUT2D eigenvalue weighted by molar-refractivity contribution is 0.0372. The Hall–Kier alpha value is 0.0499. The van der Waals surface area contributed by atoms with E-state index in [-0.39, 0.29) is 0 Å². The van der Waals surface area contributed by atoms with Crippen LogP contribution >= 0.6 is 0 Å². The molecular formula is C14H29B2NO. The van der Waals surface area contributed by atoms with Gasteiger partial charge in [-0.1, -0.05) is 27.2 Å². The summed E-state index contributed by atoms with van der Waals surface area (Å²) in [6, 6.07) is 0. The van der Waals surface area contributed by atoms with Crippen molar-refractivity contribution >= 4 is 15.7 Å². The molecule has 2 saturated heterocycles. The Kier molecular flexibility index (Phi) is 4.18. The molecule has 18 heavy (non-hydrogen) atoms. The Morgan fingerprint density at radius 1 is 1.28 bits per heavy atom. The molecule has 0 spiro atoms. The van der Waals surface area contributed by atoms with Crippen LogP contribution in [0.2, 0.25) is 0 Å². The fourth-order valence-corrected chi connectivity index (χ4v) is 3.98. The minimum Gasteiger partial charge on any atom is -0.381 e. The molecule has 4 heteroatoms. The number of ether oxygens (including phenoxy) is 1. The predicted octanol–water partition coefficient (Wildman–Crippen LogP) is 0.701. The van der Waals surface area contributed by atoms with Crippen molar-refractivity contribution in [3.63, 3.8) is 0 Å². The lowest BCUT2D eigenvalue weighted by Crippen LogP contribution is -2.56. The highest BCUT2D eigenvalue weighted by atomic mass is 16.5. The zero-order valence-corrected chi connectivity index (χ0v) is 13.0. The standard InChI is InChI=1S/C14H29B2NO/c1-4-11-9-17(10-13(11,2)3)14(15,16)12-5-7-18-8-6-12/h11-12H,4-10,15-16H2,1-3H3/t11-/m1/s1. The van der Waals surface area contributed by atoms with Crippen molar-refractivity contribution in [2.75, 3.05) is 26.3 Å². The summed E-state index contributed by atoms with van der Waals surface area (Å²) in [6.07, 6.45) is 3.79. The Labute approximate surface area is 115 Å². The molecule has 2 aliphatic heterocycles. The van der Waals surface area contributed by atoms with Crippen molar-refractivity contribution in [2.45, 2.75) is 45.4 Å². The SMILES string of the molecule is BC(B)(C1CCOCC1)N1C[C@@H](CC)C(C)(C)C1. The lowest BCUT2D eigenvalue weighted by atomic mass is 9.52. The molecule has 0 bridgehead atoms. The molecule has 0 aliphatic carbocycles. The molecule has 2 aliphatic rings. The Morgan fingerprint density at radius 2 is 1.89 bits per heavy atom. The molecule has 0 unspecified atom stereocenters. The maximum Gasteiger partial charge on any atom is 0.117 e. The second-order valence-corrected chi connectivity index (χ2v) is 7.51. The van der Waals surface area contributed by atoms with Crippen LogP contribution in [0.3, 0.4) is 0 Å². The molecule has 2 nitrogen and oxygen atoms in total. The van der Waals surface area contributed by atoms with Crippen LogP contribution in [0.5, 0.6) is 0 Å². The first-order valence-electron chi connectivity index (χ1n) is 7.70. The van der Waals surface area contributed by atoms with Gasteiger partial charge in [-0.3, -0.25) is 0 Å². The van der Waals surface area contributed by atoms with Gasteiger partial charge in [-0.05, 0) is 35.4 Å². The molecule has 2 heterocycles. The van der Waals surface area contributed by atoms with Gasteiger partial charge in [0.1, 0.15) is 15.7 Å². The highest BCUT2D eigenvalue weighted by molar-refractivity contribution is 6.40. The number of nitrogens with zero attached hydrogens (tertiary/aromatic N) is 1. The first-order valence-corrected chi connectivity index (χ1v) is 7.70. The van der Waals surface area contributed by atoms with Gasteiger partial charge in [0.25, 0.3) is 0 Å². The lowest BCUT2D eigenvalue weighted by Gasteiger charge is -2.45. The van der Waals surface area contributed by atoms with Crippen molar-refractivity contribution in [1.29, 1.82) is 0 Å². The van der Waals surface area contributed by atoms with Crippen LogP contribution in [0, 0.1) is 17.3 Å². The Morgan fingerprint density at radius 3 is 2.39 bits per heavy atom. The van der Waals surface area contributed by atoms with E-state index in [4.69, 9.17) is 4.74 Å². The second kappa shape index (κ2) is 5.20. The van der Waals surface area contributed by atoms with Gasteiger partial charge in [0.05, 0.1) is 0 Å². The average Bonchev–Trinajstić information content (AvgIpc) is 2.66. The smallest absolute Gasteiger partial charge is 0.117 e. The van der Waals surface area contributed by atoms with E-state index in [2.05, 4.69) is 41.4 Å². The highest BCUT2D eigenvalue weighted by Gasteiger charge is 2.45. The van der Waals surface area contributed by atoms with Crippen molar-refractivity contribution in [1.82, 2.24) is 4.90 Å². The van der Waals surface area contributed by atoms with Crippen LogP contribution in [-0.2, 0) is 4.74 Å².